The Morgan fingerprint density at radius 1 is 1.50 bits per heavy atom. The maximum absolute atomic E-state index is 11.1. The highest BCUT2D eigenvalue weighted by Crippen LogP contribution is 2.08. The van der Waals surface area contributed by atoms with Crippen molar-refractivity contribution in [3.8, 4) is 0 Å². The summed E-state index contributed by atoms with van der Waals surface area (Å²) < 4.78 is 0. The molecule has 7 nitrogen and oxygen atoms in total. The third-order valence-corrected chi connectivity index (χ3v) is 1.70. The number of aliphatic hydroxyl groups is 1. The molecule has 76 valence electrons. The smallest absolute Gasteiger partial charge is 0.325 e. The molecule has 0 spiro atoms. The fraction of sp³-hybridized carbons (Fsp3) is 0.286. The number of hydrogen-bond donors (Lipinski definition) is 4. The van der Waals surface area contributed by atoms with Crippen LogP contribution in [-0.4, -0.2) is 32.8 Å². The lowest BCUT2D eigenvalue weighted by molar-refractivity contribution is -0.139. The fourth-order valence-electron chi connectivity index (χ4n) is 0.989. The van der Waals surface area contributed by atoms with Crippen molar-refractivity contribution >= 4 is 5.97 Å². The van der Waals surface area contributed by atoms with Crippen LogP contribution in [-0.2, 0) is 4.79 Å². The van der Waals surface area contributed by atoms with Crippen LogP contribution in [0.25, 0.3) is 0 Å². The summed E-state index contributed by atoms with van der Waals surface area (Å²) in [7, 11) is 0. The van der Waals surface area contributed by atoms with E-state index in [0.717, 1.165) is 6.20 Å². The monoisotopic (exact) mass is 200 g/mol. The van der Waals surface area contributed by atoms with E-state index in [0.29, 0.717) is 0 Å². The van der Waals surface area contributed by atoms with E-state index in [9.17, 15) is 14.4 Å². The Kier molecular flexibility index (Phi) is 2.82. The van der Waals surface area contributed by atoms with Crippen LogP contribution in [0.5, 0.6) is 0 Å². The van der Waals surface area contributed by atoms with Crippen LogP contribution in [0, 0.1) is 0 Å². The maximum Gasteiger partial charge on any atom is 0.325 e. The van der Waals surface area contributed by atoms with Gasteiger partial charge in [-0.1, -0.05) is 0 Å². The molecule has 0 radical (unpaired) electrons. The third-order valence-electron chi connectivity index (χ3n) is 1.70. The molecule has 0 aromatic carbocycles. The topological polar surface area (TPSA) is 123 Å². The molecule has 1 unspecified atom stereocenters. The summed E-state index contributed by atoms with van der Waals surface area (Å²) in [6, 6.07) is 0. The lowest BCUT2D eigenvalue weighted by atomic mass is 10.0. The fourth-order valence-corrected chi connectivity index (χ4v) is 0.989. The van der Waals surface area contributed by atoms with Gasteiger partial charge in [-0.05, 0) is 0 Å². The third kappa shape index (κ3) is 1.88. The van der Waals surface area contributed by atoms with E-state index in [4.69, 9.17) is 10.2 Å². The zero-order valence-electron chi connectivity index (χ0n) is 6.98. The van der Waals surface area contributed by atoms with Crippen LogP contribution in [0.3, 0.4) is 0 Å². The van der Waals surface area contributed by atoms with Gasteiger partial charge < -0.3 is 15.2 Å². The van der Waals surface area contributed by atoms with Crippen molar-refractivity contribution in [2.24, 2.45) is 0 Å². The Morgan fingerprint density at radius 2 is 2.14 bits per heavy atom. The summed E-state index contributed by atoms with van der Waals surface area (Å²) in [5.41, 5.74) is -1.71. The molecular formula is C7H8N2O5. The predicted molar refractivity (Wildman–Crippen MR) is 45.1 cm³/mol. The second kappa shape index (κ2) is 3.88. The average Bonchev–Trinajstić information content (AvgIpc) is 2.09. The molecule has 1 heterocycles. The Labute approximate surface area is 77.0 Å². The number of carboxylic acids is 1. The molecule has 1 aromatic rings. The van der Waals surface area contributed by atoms with E-state index in [1.807, 2.05) is 4.98 Å². The van der Waals surface area contributed by atoms with Crippen molar-refractivity contribution < 1.29 is 15.0 Å². The highest BCUT2D eigenvalue weighted by molar-refractivity contribution is 5.75. The molecule has 4 N–H and O–H groups in total. The van der Waals surface area contributed by atoms with Gasteiger partial charge in [-0.25, -0.2) is 4.79 Å². The Hall–Kier alpha value is -1.89. The molecule has 0 bridgehead atoms. The van der Waals surface area contributed by atoms with E-state index >= 15 is 0 Å². The first-order valence-corrected chi connectivity index (χ1v) is 3.72. The Bertz CT molecular complexity index is 446. The summed E-state index contributed by atoms with van der Waals surface area (Å²) in [6.07, 6.45) is 0.982. The second-order valence-electron chi connectivity index (χ2n) is 2.60. The summed E-state index contributed by atoms with van der Waals surface area (Å²) in [5.74, 6) is -2.65. The SMILES string of the molecule is O=C(O)C(CO)c1c[nH]c(=O)[nH]c1=O. The number of aliphatic hydroxyl groups excluding tert-OH is 1. The first-order valence-electron chi connectivity index (χ1n) is 3.72. The molecule has 0 amide bonds. The lowest BCUT2D eigenvalue weighted by Gasteiger charge is -2.06. The van der Waals surface area contributed by atoms with Gasteiger partial charge in [0.05, 0.1) is 12.2 Å². The van der Waals surface area contributed by atoms with Crippen LogP contribution < -0.4 is 11.2 Å². The Morgan fingerprint density at radius 3 is 2.57 bits per heavy atom. The van der Waals surface area contributed by atoms with Crippen molar-refractivity contribution in [1.82, 2.24) is 9.97 Å². The number of aromatic amines is 2. The van der Waals surface area contributed by atoms with E-state index in [2.05, 4.69) is 4.98 Å². The number of hydrogen-bond acceptors (Lipinski definition) is 4. The molecule has 0 aliphatic carbocycles. The largest absolute Gasteiger partial charge is 0.481 e. The molecule has 7 heteroatoms. The van der Waals surface area contributed by atoms with E-state index in [1.54, 1.807) is 0 Å². The van der Waals surface area contributed by atoms with Crippen molar-refractivity contribution in [2.45, 2.75) is 5.92 Å². The summed E-state index contributed by atoms with van der Waals surface area (Å²) >= 11 is 0. The number of nitrogens with one attached hydrogen (secondary N) is 2. The molecule has 0 fully saturated rings. The minimum absolute atomic E-state index is 0.181. The number of carboxylic acid groups (broad SMARTS) is 1. The van der Waals surface area contributed by atoms with Crippen molar-refractivity contribution in [3.63, 3.8) is 0 Å². The molecule has 0 saturated carbocycles. The van der Waals surface area contributed by atoms with Crippen molar-refractivity contribution in [1.29, 1.82) is 0 Å². The van der Waals surface area contributed by atoms with Crippen LogP contribution in [0.4, 0.5) is 0 Å². The number of aliphatic carboxylic acids is 1. The van der Waals surface area contributed by atoms with Gasteiger partial charge in [0.25, 0.3) is 5.56 Å². The Balaban J connectivity index is 3.24. The van der Waals surface area contributed by atoms with Gasteiger partial charge in [-0.15, -0.1) is 0 Å². The minimum atomic E-state index is -1.33. The number of aromatic nitrogens is 2. The standard InChI is InChI=1S/C7H8N2O5/c10-2-4(6(12)13)3-1-8-7(14)9-5(3)11/h1,4,10H,2H2,(H,12,13)(H2,8,9,11,14). The van der Waals surface area contributed by atoms with Gasteiger partial charge in [-0.2, -0.15) is 0 Å². The van der Waals surface area contributed by atoms with Crippen LogP contribution in [0.2, 0.25) is 0 Å². The van der Waals surface area contributed by atoms with Crippen LogP contribution in [0.15, 0.2) is 15.8 Å². The number of rotatable bonds is 3. The molecule has 0 saturated heterocycles. The van der Waals surface area contributed by atoms with Crippen molar-refractivity contribution in [3.05, 3.63) is 32.6 Å². The van der Waals surface area contributed by atoms with E-state index in [1.165, 1.54) is 0 Å². The minimum Gasteiger partial charge on any atom is -0.481 e. The van der Waals surface area contributed by atoms with Crippen LogP contribution >= 0.6 is 0 Å². The maximum atomic E-state index is 11.1. The first kappa shape index (κ1) is 10.2. The number of carbonyl (C=O) groups is 1. The van der Waals surface area contributed by atoms with E-state index in [-0.39, 0.29) is 5.56 Å². The molecule has 0 aliphatic heterocycles. The normalized spacial score (nSPS) is 12.4. The second-order valence-corrected chi connectivity index (χ2v) is 2.60. The van der Waals surface area contributed by atoms with Gasteiger partial charge >= 0.3 is 11.7 Å². The highest BCUT2D eigenvalue weighted by atomic mass is 16.4. The summed E-state index contributed by atoms with van der Waals surface area (Å²) in [4.78, 5) is 36.3. The molecule has 1 atom stereocenters. The average molecular weight is 200 g/mol. The van der Waals surface area contributed by atoms with Gasteiger partial charge in [0.1, 0.15) is 5.92 Å². The number of H-pyrrole nitrogens is 2. The highest BCUT2D eigenvalue weighted by Gasteiger charge is 2.21. The van der Waals surface area contributed by atoms with Gasteiger partial charge in [0, 0.05) is 6.20 Å². The summed E-state index contributed by atoms with van der Waals surface area (Å²) in [5, 5.41) is 17.3. The van der Waals surface area contributed by atoms with Gasteiger partial charge in [0.2, 0.25) is 0 Å². The van der Waals surface area contributed by atoms with Crippen molar-refractivity contribution in [2.75, 3.05) is 6.61 Å². The summed E-state index contributed by atoms with van der Waals surface area (Å²) in [6.45, 7) is -0.704. The lowest BCUT2D eigenvalue weighted by Crippen LogP contribution is -2.30. The zero-order valence-corrected chi connectivity index (χ0v) is 6.98. The molecule has 1 rings (SSSR count). The van der Waals surface area contributed by atoms with Crippen LogP contribution in [0.1, 0.15) is 11.5 Å². The molecular weight excluding hydrogens is 192 g/mol. The molecule has 14 heavy (non-hydrogen) atoms. The molecule has 1 aromatic heterocycles. The van der Waals surface area contributed by atoms with Gasteiger partial charge in [-0.3, -0.25) is 14.6 Å². The quantitative estimate of drug-likeness (QED) is 0.459. The van der Waals surface area contributed by atoms with Gasteiger partial charge in [0.15, 0.2) is 0 Å². The zero-order chi connectivity index (χ0) is 10.7. The first-order chi connectivity index (χ1) is 6.56. The van der Waals surface area contributed by atoms with E-state index < -0.39 is 29.7 Å². The molecule has 0 aliphatic rings. The predicted octanol–water partition coefficient (Wildman–Crippen LogP) is -1.78.